The van der Waals surface area contributed by atoms with Gasteiger partial charge < -0.3 is 0 Å². The number of nitrogen functional groups attached to an aromatic ring is 1. The van der Waals surface area contributed by atoms with E-state index in [0.29, 0.717) is 11.9 Å². The zero-order valence-electron chi connectivity index (χ0n) is 10.9. The highest BCUT2D eigenvalue weighted by molar-refractivity contribution is 5.65. The molecule has 0 atom stereocenters. The Labute approximate surface area is 107 Å². The smallest absolute Gasteiger partial charge is 0.237 e. The van der Waals surface area contributed by atoms with Gasteiger partial charge in [0.15, 0.2) is 0 Å². The number of nitrogens with one attached hydrogen (secondary N) is 1. The van der Waals surface area contributed by atoms with Crippen molar-refractivity contribution in [3.8, 4) is 11.3 Å². The lowest BCUT2D eigenvalue weighted by molar-refractivity contribution is 0.866. The first-order valence-corrected chi connectivity index (χ1v) is 6.02. The van der Waals surface area contributed by atoms with Crippen molar-refractivity contribution in [2.75, 3.05) is 5.43 Å². The van der Waals surface area contributed by atoms with E-state index in [1.54, 1.807) is 6.20 Å². The highest BCUT2D eigenvalue weighted by Crippen LogP contribution is 2.26. The van der Waals surface area contributed by atoms with Crippen molar-refractivity contribution in [1.29, 1.82) is 0 Å². The van der Waals surface area contributed by atoms with Gasteiger partial charge in [-0.3, -0.25) is 5.43 Å². The van der Waals surface area contributed by atoms with Gasteiger partial charge in [-0.1, -0.05) is 26.0 Å². The number of rotatable bonds is 3. The van der Waals surface area contributed by atoms with E-state index in [1.165, 1.54) is 11.1 Å². The summed E-state index contributed by atoms with van der Waals surface area (Å²) in [6.07, 6.45) is 1.71. The molecule has 2 aromatic rings. The molecule has 0 spiro atoms. The zero-order valence-corrected chi connectivity index (χ0v) is 10.9. The van der Waals surface area contributed by atoms with Crippen LogP contribution in [0.2, 0.25) is 0 Å². The molecule has 0 saturated heterocycles. The van der Waals surface area contributed by atoms with Crippen molar-refractivity contribution in [3.63, 3.8) is 0 Å². The lowest BCUT2D eigenvalue weighted by Crippen LogP contribution is -2.10. The fourth-order valence-corrected chi connectivity index (χ4v) is 1.85. The SMILES string of the molecule is Cc1ccc(C(C)C)cc1-c1ccnc(NN)n1. The van der Waals surface area contributed by atoms with Crippen LogP contribution in [0.15, 0.2) is 30.5 Å². The van der Waals surface area contributed by atoms with Crippen LogP contribution in [-0.2, 0) is 0 Å². The molecule has 94 valence electrons. The van der Waals surface area contributed by atoms with Crippen LogP contribution in [0.1, 0.15) is 30.9 Å². The lowest BCUT2D eigenvalue weighted by Gasteiger charge is -2.11. The Morgan fingerprint density at radius 2 is 2.00 bits per heavy atom. The van der Waals surface area contributed by atoms with Crippen molar-refractivity contribution >= 4 is 5.95 Å². The number of anilines is 1. The van der Waals surface area contributed by atoms with E-state index in [1.807, 2.05) is 6.07 Å². The normalized spacial score (nSPS) is 10.7. The molecule has 0 radical (unpaired) electrons. The van der Waals surface area contributed by atoms with E-state index in [9.17, 15) is 0 Å². The van der Waals surface area contributed by atoms with Crippen LogP contribution < -0.4 is 11.3 Å². The summed E-state index contributed by atoms with van der Waals surface area (Å²) in [6, 6.07) is 8.37. The lowest BCUT2D eigenvalue weighted by atomic mass is 9.96. The number of benzene rings is 1. The first-order chi connectivity index (χ1) is 8.61. The fourth-order valence-electron chi connectivity index (χ4n) is 1.85. The molecule has 0 aliphatic rings. The molecule has 18 heavy (non-hydrogen) atoms. The average Bonchev–Trinajstić information content (AvgIpc) is 2.39. The molecule has 1 aromatic carbocycles. The maximum Gasteiger partial charge on any atom is 0.237 e. The molecule has 4 heteroatoms. The second-order valence-corrected chi connectivity index (χ2v) is 4.64. The van der Waals surface area contributed by atoms with Gasteiger partial charge in [-0.25, -0.2) is 15.8 Å². The predicted octanol–water partition coefficient (Wildman–Crippen LogP) is 2.86. The van der Waals surface area contributed by atoms with Gasteiger partial charge in [-0.2, -0.15) is 0 Å². The van der Waals surface area contributed by atoms with Crippen molar-refractivity contribution in [1.82, 2.24) is 9.97 Å². The van der Waals surface area contributed by atoms with Gasteiger partial charge in [0.25, 0.3) is 0 Å². The van der Waals surface area contributed by atoms with Crippen LogP contribution >= 0.6 is 0 Å². The number of nitrogens with two attached hydrogens (primary N) is 1. The molecule has 0 aliphatic heterocycles. The Balaban J connectivity index is 2.51. The third kappa shape index (κ3) is 2.49. The summed E-state index contributed by atoms with van der Waals surface area (Å²) < 4.78 is 0. The van der Waals surface area contributed by atoms with Gasteiger partial charge in [0.05, 0.1) is 5.69 Å². The minimum atomic E-state index is 0.432. The summed E-state index contributed by atoms with van der Waals surface area (Å²) >= 11 is 0. The summed E-state index contributed by atoms with van der Waals surface area (Å²) in [5.41, 5.74) is 6.98. The zero-order chi connectivity index (χ0) is 13.1. The minimum absolute atomic E-state index is 0.432. The number of hydrogen-bond acceptors (Lipinski definition) is 4. The van der Waals surface area contributed by atoms with E-state index < -0.39 is 0 Å². The molecular weight excluding hydrogens is 224 g/mol. The molecule has 0 bridgehead atoms. The number of aryl methyl sites for hydroxylation is 1. The van der Waals surface area contributed by atoms with E-state index in [0.717, 1.165) is 11.3 Å². The average molecular weight is 242 g/mol. The van der Waals surface area contributed by atoms with Gasteiger partial charge in [0, 0.05) is 11.8 Å². The maximum atomic E-state index is 5.34. The van der Waals surface area contributed by atoms with Crippen molar-refractivity contribution < 1.29 is 0 Å². The molecule has 0 aliphatic carbocycles. The van der Waals surface area contributed by atoms with Crippen molar-refractivity contribution in [2.24, 2.45) is 5.84 Å². The summed E-state index contributed by atoms with van der Waals surface area (Å²) in [5, 5.41) is 0. The molecule has 1 heterocycles. The number of nitrogens with zero attached hydrogens (tertiary/aromatic N) is 2. The van der Waals surface area contributed by atoms with Crippen molar-refractivity contribution in [2.45, 2.75) is 26.7 Å². The monoisotopic (exact) mass is 242 g/mol. The largest absolute Gasteiger partial charge is 0.292 e. The molecule has 0 amide bonds. The Bertz CT molecular complexity index is 549. The van der Waals surface area contributed by atoms with Crippen LogP contribution in [0.25, 0.3) is 11.3 Å². The van der Waals surface area contributed by atoms with Gasteiger partial charge in [0.1, 0.15) is 0 Å². The molecule has 1 aromatic heterocycles. The number of hydrazine groups is 1. The third-order valence-electron chi connectivity index (χ3n) is 2.99. The second kappa shape index (κ2) is 5.14. The summed E-state index contributed by atoms with van der Waals surface area (Å²) in [5.74, 6) is 6.27. The number of hydrogen-bond donors (Lipinski definition) is 2. The van der Waals surface area contributed by atoms with E-state index in [4.69, 9.17) is 5.84 Å². The Morgan fingerprint density at radius 3 is 2.67 bits per heavy atom. The van der Waals surface area contributed by atoms with Gasteiger partial charge in [-0.15, -0.1) is 0 Å². The summed E-state index contributed by atoms with van der Waals surface area (Å²) in [6.45, 7) is 6.44. The molecule has 2 rings (SSSR count). The first-order valence-electron chi connectivity index (χ1n) is 6.02. The van der Waals surface area contributed by atoms with Crippen LogP contribution in [0, 0.1) is 6.92 Å². The fraction of sp³-hybridized carbons (Fsp3) is 0.286. The van der Waals surface area contributed by atoms with Gasteiger partial charge in [0.2, 0.25) is 5.95 Å². The van der Waals surface area contributed by atoms with Gasteiger partial charge >= 0.3 is 0 Å². The molecular formula is C14H18N4. The quantitative estimate of drug-likeness (QED) is 0.641. The molecule has 4 nitrogen and oxygen atoms in total. The van der Waals surface area contributed by atoms with E-state index >= 15 is 0 Å². The molecule has 0 fully saturated rings. The van der Waals surface area contributed by atoms with Gasteiger partial charge in [-0.05, 0) is 36.1 Å². The molecule has 0 unspecified atom stereocenters. The summed E-state index contributed by atoms with van der Waals surface area (Å²) in [4.78, 5) is 8.40. The third-order valence-corrected chi connectivity index (χ3v) is 2.99. The van der Waals surface area contributed by atoms with E-state index in [2.05, 4.69) is 54.4 Å². The first kappa shape index (κ1) is 12.5. The second-order valence-electron chi connectivity index (χ2n) is 4.64. The van der Waals surface area contributed by atoms with Crippen LogP contribution in [0.3, 0.4) is 0 Å². The Hall–Kier alpha value is -1.94. The Morgan fingerprint density at radius 1 is 1.22 bits per heavy atom. The Kier molecular flexibility index (Phi) is 3.58. The predicted molar refractivity (Wildman–Crippen MR) is 74.1 cm³/mol. The highest BCUT2D eigenvalue weighted by atomic mass is 15.3. The topological polar surface area (TPSA) is 63.8 Å². The van der Waals surface area contributed by atoms with Crippen LogP contribution in [0.4, 0.5) is 5.95 Å². The summed E-state index contributed by atoms with van der Waals surface area (Å²) in [7, 11) is 0. The van der Waals surface area contributed by atoms with Crippen LogP contribution in [0.5, 0.6) is 0 Å². The maximum absolute atomic E-state index is 5.34. The standard InChI is InChI=1S/C14H18N4/c1-9(2)11-5-4-10(3)12(8-11)13-6-7-16-14(17-13)18-15/h4-9H,15H2,1-3H3,(H,16,17,18). The van der Waals surface area contributed by atoms with E-state index in [-0.39, 0.29) is 0 Å². The number of aromatic nitrogens is 2. The van der Waals surface area contributed by atoms with Crippen LogP contribution in [-0.4, -0.2) is 9.97 Å². The molecule has 3 N–H and O–H groups in total. The highest BCUT2D eigenvalue weighted by Gasteiger charge is 2.07. The molecule has 0 saturated carbocycles. The minimum Gasteiger partial charge on any atom is -0.292 e. The van der Waals surface area contributed by atoms with Crippen molar-refractivity contribution in [3.05, 3.63) is 41.6 Å².